The minimum atomic E-state index is -0.429. The molecule has 23 heavy (non-hydrogen) atoms. The summed E-state index contributed by atoms with van der Waals surface area (Å²) in [6.45, 7) is 2.09. The monoisotopic (exact) mass is 308 g/mol. The van der Waals surface area contributed by atoms with E-state index in [0.717, 1.165) is 24.1 Å². The normalized spacial score (nSPS) is 10.6. The SMILES string of the molecule is CCCc1[nH]ncc1C(=O)OCc1cn2ccccc2c1C#N. The number of hydrogen-bond acceptors (Lipinski definition) is 4. The minimum Gasteiger partial charge on any atom is -0.457 e. The number of nitriles is 1. The zero-order valence-electron chi connectivity index (χ0n) is 12.7. The highest BCUT2D eigenvalue weighted by Crippen LogP contribution is 2.19. The van der Waals surface area contributed by atoms with Crippen LogP contribution in [0.4, 0.5) is 0 Å². The maximum atomic E-state index is 12.2. The zero-order valence-corrected chi connectivity index (χ0v) is 12.7. The number of nitrogens with zero attached hydrogens (tertiary/aromatic N) is 3. The lowest BCUT2D eigenvalue weighted by atomic mass is 10.1. The van der Waals surface area contributed by atoms with Gasteiger partial charge in [-0.1, -0.05) is 19.4 Å². The Kier molecular flexibility index (Phi) is 4.11. The van der Waals surface area contributed by atoms with E-state index in [1.54, 1.807) is 0 Å². The fourth-order valence-corrected chi connectivity index (χ4v) is 2.57. The molecule has 0 saturated heterocycles. The van der Waals surface area contributed by atoms with Crippen molar-refractivity contribution < 1.29 is 9.53 Å². The van der Waals surface area contributed by atoms with Gasteiger partial charge in [0.25, 0.3) is 0 Å². The van der Waals surface area contributed by atoms with Crippen LogP contribution in [0, 0.1) is 11.3 Å². The number of esters is 1. The van der Waals surface area contributed by atoms with Gasteiger partial charge in [-0.25, -0.2) is 4.79 Å². The summed E-state index contributed by atoms with van der Waals surface area (Å²) >= 11 is 0. The van der Waals surface area contributed by atoms with Crippen molar-refractivity contribution in [1.82, 2.24) is 14.6 Å². The largest absolute Gasteiger partial charge is 0.457 e. The number of aromatic amines is 1. The molecule has 0 unspecified atom stereocenters. The molecule has 0 radical (unpaired) electrons. The van der Waals surface area contributed by atoms with Gasteiger partial charge in [0, 0.05) is 23.7 Å². The summed E-state index contributed by atoms with van der Waals surface area (Å²) in [5, 5.41) is 16.1. The van der Waals surface area contributed by atoms with Crippen molar-refractivity contribution in [3.63, 3.8) is 0 Å². The number of aromatic nitrogens is 3. The number of rotatable bonds is 5. The highest BCUT2D eigenvalue weighted by molar-refractivity contribution is 5.90. The van der Waals surface area contributed by atoms with Crippen LogP contribution in [-0.4, -0.2) is 20.6 Å². The third-order valence-electron chi connectivity index (χ3n) is 3.67. The fourth-order valence-electron chi connectivity index (χ4n) is 2.57. The lowest BCUT2D eigenvalue weighted by Crippen LogP contribution is -2.07. The lowest BCUT2D eigenvalue weighted by Gasteiger charge is -2.04. The van der Waals surface area contributed by atoms with Crippen molar-refractivity contribution in [2.24, 2.45) is 0 Å². The molecule has 3 aromatic rings. The average Bonchev–Trinajstić information content (AvgIpc) is 3.16. The van der Waals surface area contributed by atoms with E-state index in [9.17, 15) is 10.1 Å². The molecule has 3 rings (SSSR count). The summed E-state index contributed by atoms with van der Waals surface area (Å²) in [5.74, 6) is -0.429. The van der Waals surface area contributed by atoms with Gasteiger partial charge in [-0.3, -0.25) is 5.10 Å². The second-order valence-corrected chi connectivity index (χ2v) is 5.22. The summed E-state index contributed by atoms with van der Waals surface area (Å²) in [5.41, 5.74) is 3.25. The van der Waals surface area contributed by atoms with Gasteiger partial charge in [-0.05, 0) is 18.6 Å². The van der Waals surface area contributed by atoms with Crippen LogP contribution >= 0.6 is 0 Å². The number of pyridine rings is 1. The van der Waals surface area contributed by atoms with E-state index in [2.05, 4.69) is 16.3 Å². The summed E-state index contributed by atoms with van der Waals surface area (Å²) in [6, 6.07) is 7.79. The first kappa shape index (κ1) is 14.9. The molecule has 1 N–H and O–H groups in total. The number of carbonyl (C=O) groups excluding carboxylic acids is 1. The number of hydrogen-bond donors (Lipinski definition) is 1. The van der Waals surface area contributed by atoms with Gasteiger partial charge in [0.05, 0.1) is 17.3 Å². The van der Waals surface area contributed by atoms with Crippen LogP contribution in [0.5, 0.6) is 0 Å². The standard InChI is InChI=1S/C17H16N4O2/c1-2-5-15-14(9-19-20-15)17(22)23-11-12-10-21-7-4-3-6-16(21)13(12)8-18/h3-4,6-7,9-10H,2,5,11H2,1H3,(H,19,20). The van der Waals surface area contributed by atoms with Crippen molar-refractivity contribution >= 4 is 11.5 Å². The smallest absolute Gasteiger partial charge is 0.341 e. The Bertz CT molecular complexity index is 886. The lowest BCUT2D eigenvalue weighted by molar-refractivity contribution is 0.0471. The topological polar surface area (TPSA) is 83.2 Å². The molecule has 0 aliphatic carbocycles. The highest BCUT2D eigenvalue weighted by Gasteiger charge is 2.17. The van der Waals surface area contributed by atoms with Crippen LogP contribution in [0.2, 0.25) is 0 Å². The Balaban J connectivity index is 1.79. The van der Waals surface area contributed by atoms with Crippen LogP contribution in [0.3, 0.4) is 0 Å². The number of nitrogens with one attached hydrogen (secondary N) is 1. The zero-order chi connectivity index (χ0) is 16.2. The second-order valence-electron chi connectivity index (χ2n) is 5.22. The number of H-pyrrole nitrogens is 1. The van der Waals surface area contributed by atoms with Crippen molar-refractivity contribution in [3.8, 4) is 6.07 Å². The summed E-state index contributed by atoms with van der Waals surface area (Å²) < 4.78 is 7.22. The first-order valence-corrected chi connectivity index (χ1v) is 7.42. The first-order valence-electron chi connectivity index (χ1n) is 7.42. The number of carbonyl (C=O) groups is 1. The molecule has 6 nitrogen and oxygen atoms in total. The van der Waals surface area contributed by atoms with E-state index in [-0.39, 0.29) is 6.61 Å². The van der Waals surface area contributed by atoms with E-state index in [1.165, 1.54) is 6.20 Å². The van der Waals surface area contributed by atoms with E-state index < -0.39 is 5.97 Å². The molecule has 0 fully saturated rings. The molecule has 0 saturated carbocycles. The van der Waals surface area contributed by atoms with Crippen molar-refractivity contribution in [2.75, 3.05) is 0 Å². The molecule has 6 heteroatoms. The Labute approximate surface area is 133 Å². The summed E-state index contributed by atoms with van der Waals surface area (Å²) in [7, 11) is 0. The van der Waals surface area contributed by atoms with E-state index in [4.69, 9.17) is 4.74 Å². The number of ether oxygens (including phenoxy) is 1. The van der Waals surface area contributed by atoms with Crippen LogP contribution in [0.15, 0.2) is 36.8 Å². The molecule has 0 aliphatic rings. The van der Waals surface area contributed by atoms with Gasteiger partial charge in [0.15, 0.2) is 0 Å². The minimum absolute atomic E-state index is 0.0557. The van der Waals surface area contributed by atoms with Gasteiger partial charge >= 0.3 is 5.97 Å². The van der Waals surface area contributed by atoms with Crippen molar-refractivity contribution in [2.45, 2.75) is 26.4 Å². The molecule has 0 atom stereocenters. The van der Waals surface area contributed by atoms with E-state index >= 15 is 0 Å². The maximum absolute atomic E-state index is 12.2. The third kappa shape index (κ3) is 2.81. The Morgan fingerprint density at radius 1 is 1.48 bits per heavy atom. The Morgan fingerprint density at radius 3 is 3.13 bits per heavy atom. The van der Waals surface area contributed by atoms with Gasteiger partial charge in [0.2, 0.25) is 0 Å². The number of aryl methyl sites for hydroxylation is 1. The fraction of sp³-hybridized carbons (Fsp3) is 0.235. The molecule has 0 aromatic carbocycles. The molecule has 0 spiro atoms. The first-order chi connectivity index (χ1) is 11.2. The molecule has 0 amide bonds. The van der Waals surface area contributed by atoms with Gasteiger partial charge in [0.1, 0.15) is 18.2 Å². The Hall–Kier alpha value is -3.07. The third-order valence-corrected chi connectivity index (χ3v) is 3.67. The van der Waals surface area contributed by atoms with E-state index in [1.807, 2.05) is 41.9 Å². The number of fused-ring (bicyclic) bond motifs is 1. The quantitative estimate of drug-likeness (QED) is 0.735. The van der Waals surface area contributed by atoms with Crippen LogP contribution in [-0.2, 0) is 17.8 Å². The summed E-state index contributed by atoms with van der Waals surface area (Å²) in [4.78, 5) is 12.2. The van der Waals surface area contributed by atoms with Gasteiger partial charge in [-0.2, -0.15) is 10.4 Å². The second kappa shape index (κ2) is 6.36. The molecular formula is C17H16N4O2. The van der Waals surface area contributed by atoms with Crippen molar-refractivity contribution in [1.29, 1.82) is 5.26 Å². The molecule has 0 aliphatic heterocycles. The maximum Gasteiger partial charge on any atom is 0.341 e. The Morgan fingerprint density at radius 2 is 2.35 bits per heavy atom. The van der Waals surface area contributed by atoms with Gasteiger partial charge in [-0.15, -0.1) is 0 Å². The van der Waals surface area contributed by atoms with Gasteiger partial charge < -0.3 is 9.14 Å². The molecule has 3 aromatic heterocycles. The summed E-state index contributed by atoms with van der Waals surface area (Å²) in [6.07, 6.45) is 6.80. The van der Waals surface area contributed by atoms with Crippen molar-refractivity contribution in [3.05, 3.63) is 59.2 Å². The average molecular weight is 308 g/mol. The van der Waals surface area contributed by atoms with Crippen LogP contribution in [0.25, 0.3) is 5.52 Å². The highest BCUT2D eigenvalue weighted by atomic mass is 16.5. The predicted molar refractivity (Wildman–Crippen MR) is 83.8 cm³/mol. The molecule has 116 valence electrons. The molecular weight excluding hydrogens is 292 g/mol. The molecule has 3 heterocycles. The van der Waals surface area contributed by atoms with E-state index in [0.29, 0.717) is 16.7 Å². The molecule has 0 bridgehead atoms. The van der Waals surface area contributed by atoms with Crippen LogP contribution in [0.1, 0.15) is 40.5 Å². The van der Waals surface area contributed by atoms with Crippen LogP contribution < -0.4 is 0 Å². The predicted octanol–water partition coefficient (Wildman–Crippen LogP) is 2.84.